The van der Waals surface area contributed by atoms with E-state index in [9.17, 15) is 4.79 Å². The van der Waals surface area contributed by atoms with Crippen molar-refractivity contribution in [2.75, 3.05) is 51.8 Å². The Morgan fingerprint density at radius 2 is 1.95 bits per heavy atom. The predicted octanol–water partition coefficient (Wildman–Crippen LogP) is 1.74. The molecule has 0 saturated carbocycles. The number of anilines is 2. The highest BCUT2D eigenvalue weighted by Gasteiger charge is 2.07. The molecule has 20 heavy (non-hydrogen) atoms. The molecule has 0 aliphatic rings. The van der Waals surface area contributed by atoms with Crippen LogP contribution in [0.5, 0.6) is 0 Å². The van der Waals surface area contributed by atoms with Crippen LogP contribution in [-0.4, -0.2) is 56.5 Å². The number of carbonyl (C=O) groups is 1. The number of benzene rings is 1. The van der Waals surface area contributed by atoms with E-state index in [2.05, 4.69) is 15.1 Å². The average molecular weight is 299 g/mol. The van der Waals surface area contributed by atoms with Crippen molar-refractivity contribution >= 4 is 28.9 Å². The topological polar surface area (TPSA) is 61.6 Å². The molecular weight excluding hydrogens is 276 g/mol. The number of nitrogens with zero attached hydrogens (tertiary/aromatic N) is 2. The Hall–Kier alpha value is -1.30. The molecule has 1 amide bonds. The van der Waals surface area contributed by atoms with Crippen LogP contribution in [0, 0.1) is 0 Å². The summed E-state index contributed by atoms with van der Waals surface area (Å²) < 4.78 is 0. The van der Waals surface area contributed by atoms with Crippen LogP contribution < -0.4 is 11.1 Å². The van der Waals surface area contributed by atoms with Gasteiger partial charge in [-0.1, -0.05) is 11.6 Å². The van der Waals surface area contributed by atoms with Crippen LogP contribution >= 0.6 is 11.6 Å². The number of hydrogen-bond donors (Lipinski definition) is 2. The van der Waals surface area contributed by atoms with Gasteiger partial charge in [0, 0.05) is 31.1 Å². The molecule has 0 saturated heterocycles. The number of nitrogens with one attached hydrogen (secondary N) is 1. The number of nitrogens with two attached hydrogens (primary N) is 1. The Morgan fingerprint density at radius 3 is 2.55 bits per heavy atom. The van der Waals surface area contributed by atoms with Crippen molar-refractivity contribution < 1.29 is 4.79 Å². The Labute approximate surface area is 125 Å². The van der Waals surface area contributed by atoms with Crippen LogP contribution in [0.25, 0.3) is 0 Å². The second kappa shape index (κ2) is 8.09. The van der Waals surface area contributed by atoms with Crippen LogP contribution in [0.4, 0.5) is 11.4 Å². The molecule has 0 heterocycles. The first-order chi connectivity index (χ1) is 9.38. The van der Waals surface area contributed by atoms with Crippen LogP contribution in [-0.2, 0) is 4.79 Å². The van der Waals surface area contributed by atoms with Gasteiger partial charge in [-0.3, -0.25) is 4.79 Å². The molecule has 0 spiro atoms. The first-order valence-corrected chi connectivity index (χ1v) is 6.94. The zero-order valence-corrected chi connectivity index (χ0v) is 13.1. The molecule has 0 atom stereocenters. The highest BCUT2D eigenvalue weighted by molar-refractivity contribution is 6.31. The maximum atomic E-state index is 11.9. The molecule has 0 bridgehead atoms. The van der Waals surface area contributed by atoms with Gasteiger partial charge < -0.3 is 20.9 Å². The van der Waals surface area contributed by atoms with Gasteiger partial charge >= 0.3 is 0 Å². The van der Waals surface area contributed by atoms with E-state index >= 15 is 0 Å². The maximum Gasteiger partial charge on any atom is 0.225 e. The Kier molecular flexibility index (Phi) is 6.78. The van der Waals surface area contributed by atoms with Gasteiger partial charge in [-0.2, -0.15) is 0 Å². The van der Waals surface area contributed by atoms with E-state index in [1.807, 2.05) is 21.1 Å². The van der Waals surface area contributed by atoms with Gasteiger partial charge in [-0.15, -0.1) is 0 Å². The number of halogens is 1. The van der Waals surface area contributed by atoms with Crippen molar-refractivity contribution in [3.8, 4) is 0 Å². The van der Waals surface area contributed by atoms with Crippen molar-refractivity contribution in [2.45, 2.75) is 6.42 Å². The van der Waals surface area contributed by atoms with Gasteiger partial charge in [0.2, 0.25) is 5.91 Å². The normalized spacial score (nSPS) is 11.1. The fraction of sp³-hybridized carbons (Fsp3) is 0.500. The van der Waals surface area contributed by atoms with Gasteiger partial charge in [0.25, 0.3) is 0 Å². The molecule has 112 valence electrons. The van der Waals surface area contributed by atoms with Gasteiger partial charge in [-0.25, -0.2) is 0 Å². The van der Waals surface area contributed by atoms with E-state index in [0.29, 0.717) is 29.4 Å². The van der Waals surface area contributed by atoms with Gasteiger partial charge in [0.15, 0.2) is 0 Å². The zero-order chi connectivity index (χ0) is 15.1. The lowest BCUT2D eigenvalue weighted by molar-refractivity contribution is -0.116. The van der Waals surface area contributed by atoms with Crippen molar-refractivity contribution in [3.05, 3.63) is 23.2 Å². The largest absolute Gasteiger partial charge is 0.397 e. The summed E-state index contributed by atoms with van der Waals surface area (Å²) in [6, 6.07) is 5.04. The number of likely N-dealkylation sites (N-methyl/N-ethyl adjacent to an activating group) is 2. The van der Waals surface area contributed by atoms with Gasteiger partial charge in [0.1, 0.15) is 0 Å². The number of nitrogen functional groups attached to an aromatic ring is 1. The Balaban J connectivity index is 2.36. The van der Waals surface area contributed by atoms with Crippen molar-refractivity contribution in [3.63, 3.8) is 0 Å². The summed E-state index contributed by atoms with van der Waals surface area (Å²) in [4.78, 5) is 16.1. The number of hydrogen-bond acceptors (Lipinski definition) is 4. The minimum absolute atomic E-state index is 0.0456. The molecule has 1 rings (SSSR count). The molecule has 0 unspecified atom stereocenters. The van der Waals surface area contributed by atoms with E-state index in [1.165, 1.54) is 0 Å². The summed E-state index contributed by atoms with van der Waals surface area (Å²) in [6.07, 6.45) is 0.437. The van der Waals surface area contributed by atoms with E-state index < -0.39 is 0 Å². The summed E-state index contributed by atoms with van der Waals surface area (Å²) in [5, 5.41) is 3.36. The lowest BCUT2D eigenvalue weighted by Gasteiger charge is -2.19. The average Bonchev–Trinajstić information content (AvgIpc) is 2.37. The molecule has 6 heteroatoms. The lowest BCUT2D eigenvalue weighted by atomic mass is 10.2. The monoisotopic (exact) mass is 298 g/mol. The van der Waals surface area contributed by atoms with Crippen LogP contribution in [0.1, 0.15) is 6.42 Å². The molecule has 3 N–H and O–H groups in total. The Bertz CT molecular complexity index is 451. The SMILES string of the molecule is CN(C)CCN(C)CCC(=O)Nc1ccc(Cl)cc1N. The highest BCUT2D eigenvalue weighted by Crippen LogP contribution is 2.22. The van der Waals surface area contributed by atoms with Crippen molar-refractivity contribution in [1.29, 1.82) is 0 Å². The zero-order valence-electron chi connectivity index (χ0n) is 12.3. The second-order valence-electron chi connectivity index (χ2n) is 5.14. The Morgan fingerprint density at radius 1 is 1.25 bits per heavy atom. The minimum atomic E-state index is -0.0456. The molecule has 1 aromatic carbocycles. The fourth-order valence-corrected chi connectivity index (χ4v) is 1.82. The second-order valence-corrected chi connectivity index (χ2v) is 5.57. The first kappa shape index (κ1) is 16.8. The quantitative estimate of drug-likeness (QED) is 0.753. The van der Waals surface area contributed by atoms with E-state index in [4.69, 9.17) is 17.3 Å². The summed E-state index contributed by atoms with van der Waals surface area (Å²) in [7, 11) is 6.07. The molecule has 0 aliphatic carbocycles. The minimum Gasteiger partial charge on any atom is -0.397 e. The summed E-state index contributed by atoms with van der Waals surface area (Å²) in [5.74, 6) is -0.0456. The standard InChI is InChI=1S/C14H23ClN4O/c1-18(2)8-9-19(3)7-6-14(20)17-13-5-4-11(15)10-12(13)16/h4-5,10H,6-9,16H2,1-3H3,(H,17,20). The molecule has 0 aliphatic heterocycles. The third-order valence-corrected chi connectivity index (χ3v) is 3.17. The summed E-state index contributed by atoms with van der Waals surface area (Å²) in [6.45, 7) is 2.62. The predicted molar refractivity (Wildman–Crippen MR) is 85.2 cm³/mol. The van der Waals surface area contributed by atoms with E-state index in [1.54, 1.807) is 18.2 Å². The maximum absolute atomic E-state index is 11.9. The number of rotatable bonds is 7. The molecule has 1 aromatic rings. The van der Waals surface area contributed by atoms with Gasteiger partial charge in [-0.05, 0) is 39.3 Å². The van der Waals surface area contributed by atoms with Gasteiger partial charge in [0.05, 0.1) is 11.4 Å². The van der Waals surface area contributed by atoms with Crippen LogP contribution in [0.2, 0.25) is 5.02 Å². The summed E-state index contributed by atoms with van der Waals surface area (Å²) in [5.41, 5.74) is 6.88. The lowest BCUT2D eigenvalue weighted by Crippen LogP contribution is -2.31. The first-order valence-electron chi connectivity index (χ1n) is 6.56. The van der Waals surface area contributed by atoms with Crippen LogP contribution in [0.15, 0.2) is 18.2 Å². The number of carbonyl (C=O) groups excluding carboxylic acids is 1. The smallest absolute Gasteiger partial charge is 0.225 e. The number of amides is 1. The molecule has 0 aromatic heterocycles. The molecular formula is C14H23ClN4O. The van der Waals surface area contributed by atoms with E-state index in [-0.39, 0.29) is 5.91 Å². The fourth-order valence-electron chi connectivity index (χ4n) is 1.64. The van der Waals surface area contributed by atoms with E-state index in [0.717, 1.165) is 13.1 Å². The molecule has 5 nitrogen and oxygen atoms in total. The summed E-state index contributed by atoms with van der Waals surface area (Å²) >= 11 is 5.81. The third-order valence-electron chi connectivity index (χ3n) is 2.94. The third kappa shape index (κ3) is 6.23. The van der Waals surface area contributed by atoms with Crippen molar-refractivity contribution in [2.24, 2.45) is 0 Å². The molecule has 0 fully saturated rings. The van der Waals surface area contributed by atoms with Crippen LogP contribution in [0.3, 0.4) is 0 Å². The molecule has 0 radical (unpaired) electrons. The van der Waals surface area contributed by atoms with Crippen molar-refractivity contribution in [1.82, 2.24) is 9.80 Å². The highest BCUT2D eigenvalue weighted by atomic mass is 35.5.